The second-order valence-electron chi connectivity index (χ2n) is 4.10. The van der Waals surface area contributed by atoms with Gasteiger partial charge >= 0.3 is 0 Å². The fraction of sp³-hybridized carbons (Fsp3) is 0.357. The second kappa shape index (κ2) is 8.30. The van der Waals surface area contributed by atoms with Gasteiger partial charge in [0.15, 0.2) is 6.10 Å². The summed E-state index contributed by atoms with van der Waals surface area (Å²) in [5, 5.41) is 5.66. The number of carbonyl (C=O) groups excluding carboxylic acids is 1. The van der Waals surface area contributed by atoms with Crippen LogP contribution < -0.4 is 15.4 Å². The van der Waals surface area contributed by atoms with E-state index in [1.165, 1.54) is 0 Å². The molecule has 0 aliphatic rings. The molecule has 0 bridgehead atoms. The van der Waals surface area contributed by atoms with Gasteiger partial charge in [0.1, 0.15) is 5.75 Å². The summed E-state index contributed by atoms with van der Waals surface area (Å²) in [7, 11) is 1.88. The Kier molecular flexibility index (Phi) is 7.06. The van der Waals surface area contributed by atoms with Crippen molar-refractivity contribution in [3.05, 3.63) is 26.6 Å². The topological polar surface area (TPSA) is 50.4 Å². The standard InChI is InChI=1S/C14H16Br2N2O2/c1-4-5-18-14(19)9(2)20-13-11(15)6-10(8-17-3)7-12(13)16/h1,6-7,9,17H,5,8H2,2-3H3,(H,18,19). The number of ether oxygens (including phenoxy) is 1. The summed E-state index contributed by atoms with van der Waals surface area (Å²) in [6.45, 7) is 2.61. The first kappa shape index (κ1) is 17.0. The van der Waals surface area contributed by atoms with E-state index < -0.39 is 6.10 Å². The summed E-state index contributed by atoms with van der Waals surface area (Å²) in [4.78, 5) is 11.7. The molecule has 1 rings (SSSR count). The van der Waals surface area contributed by atoms with Crippen molar-refractivity contribution in [2.75, 3.05) is 13.6 Å². The molecule has 20 heavy (non-hydrogen) atoms. The average Bonchev–Trinajstić information content (AvgIpc) is 2.40. The Morgan fingerprint density at radius 3 is 2.55 bits per heavy atom. The highest BCUT2D eigenvalue weighted by Crippen LogP contribution is 2.35. The Morgan fingerprint density at radius 1 is 1.45 bits per heavy atom. The monoisotopic (exact) mass is 402 g/mol. The van der Waals surface area contributed by atoms with Crippen molar-refractivity contribution in [3.63, 3.8) is 0 Å². The molecule has 0 fully saturated rings. The van der Waals surface area contributed by atoms with E-state index in [1.807, 2.05) is 19.2 Å². The molecule has 0 spiro atoms. The highest BCUT2D eigenvalue weighted by Gasteiger charge is 2.17. The first-order valence-electron chi connectivity index (χ1n) is 6.00. The molecule has 1 aromatic carbocycles. The van der Waals surface area contributed by atoms with Gasteiger partial charge in [-0.1, -0.05) is 5.92 Å². The minimum absolute atomic E-state index is 0.190. The van der Waals surface area contributed by atoms with E-state index in [0.29, 0.717) is 5.75 Å². The van der Waals surface area contributed by atoms with Crippen molar-refractivity contribution in [3.8, 4) is 18.1 Å². The molecule has 0 aliphatic carbocycles. The molecule has 0 radical (unpaired) electrons. The van der Waals surface area contributed by atoms with E-state index in [4.69, 9.17) is 11.2 Å². The Labute approximate surface area is 135 Å². The van der Waals surface area contributed by atoms with Crippen molar-refractivity contribution in [1.82, 2.24) is 10.6 Å². The van der Waals surface area contributed by atoms with Crippen LogP contribution in [0.15, 0.2) is 21.1 Å². The van der Waals surface area contributed by atoms with Crippen molar-refractivity contribution >= 4 is 37.8 Å². The lowest BCUT2D eigenvalue weighted by Crippen LogP contribution is -2.36. The first-order valence-corrected chi connectivity index (χ1v) is 7.58. The van der Waals surface area contributed by atoms with Gasteiger partial charge in [0.2, 0.25) is 0 Å². The van der Waals surface area contributed by atoms with Gasteiger partial charge < -0.3 is 15.4 Å². The molecule has 0 saturated carbocycles. The highest BCUT2D eigenvalue weighted by atomic mass is 79.9. The zero-order chi connectivity index (χ0) is 15.1. The molecular weight excluding hydrogens is 388 g/mol. The SMILES string of the molecule is C#CCNC(=O)C(C)Oc1c(Br)cc(CNC)cc1Br. The van der Waals surface area contributed by atoms with E-state index >= 15 is 0 Å². The first-order chi connectivity index (χ1) is 9.49. The van der Waals surface area contributed by atoms with Gasteiger partial charge in [-0.05, 0) is 63.5 Å². The van der Waals surface area contributed by atoms with E-state index in [0.717, 1.165) is 21.1 Å². The Hall–Kier alpha value is -1.03. The quantitative estimate of drug-likeness (QED) is 0.717. The number of nitrogens with one attached hydrogen (secondary N) is 2. The summed E-state index contributed by atoms with van der Waals surface area (Å²) in [6.07, 6.45) is 4.46. The summed E-state index contributed by atoms with van der Waals surface area (Å²) < 4.78 is 7.24. The van der Waals surface area contributed by atoms with Gasteiger partial charge in [-0.2, -0.15) is 0 Å². The normalized spacial score (nSPS) is 11.6. The Morgan fingerprint density at radius 2 is 2.05 bits per heavy atom. The van der Waals surface area contributed by atoms with E-state index in [2.05, 4.69) is 48.4 Å². The van der Waals surface area contributed by atoms with E-state index in [9.17, 15) is 4.79 Å². The molecule has 0 heterocycles. The van der Waals surface area contributed by atoms with Crippen LogP contribution in [0, 0.1) is 12.3 Å². The van der Waals surface area contributed by atoms with Gasteiger partial charge in [-0.25, -0.2) is 0 Å². The zero-order valence-electron chi connectivity index (χ0n) is 11.3. The maximum Gasteiger partial charge on any atom is 0.261 e. The fourth-order valence-electron chi connectivity index (χ4n) is 1.54. The van der Waals surface area contributed by atoms with Crippen LogP contribution in [0.1, 0.15) is 12.5 Å². The second-order valence-corrected chi connectivity index (χ2v) is 5.81. The number of benzene rings is 1. The molecule has 0 aliphatic heterocycles. The van der Waals surface area contributed by atoms with Gasteiger partial charge in [0.05, 0.1) is 15.5 Å². The lowest BCUT2D eigenvalue weighted by atomic mass is 10.2. The predicted octanol–water partition coefficient (Wildman–Crippen LogP) is 2.45. The number of hydrogen-bond donors (Lipinski definition) is 2. The van der Waals surface area contributed by atoms with Crippen LogP contribution in [0.3, 0.4) is 0 Å². The molecular formula is C14H16Br2N2O2. The molecule has 6 heteroatoms. The lowest BCUT2D eigenvalue weighted by molar-refractivity contribution is -0.127. The summed E-state index contributed by atoms with van der Waals surface area (Å²) in [6, 6.07) is 3.89. The number of terminal acetylenes is 1. The van der Waals surface area contributed by atoms with Crippen LogP contribution in [0.25, 0.3) is 0 Å². The van der Waals surface area contributed by atoms with Gasteiger partial charge in [0.25, 0.3) is 5.91 Å². The molecule has 1 amide bonds. The Balaban J connectivity index is 2.82. The third-order valence-electron chi connectivity index (χ3n) is 2.47. The molecule has 0 aromatic heterocycles. The average molecular weight is 404 g/mol. The van der Waals surface area contributed by atoms with Crippen molar-refractivity contribution in [1.29, 1.82) is 0 Å². The van der Waals surface area contributed by atoms with Crippen LogP contribution in [0.2, 0.25) is 0 Å². The smallest absolute Gasteiger partial charge is 0.261 e. The van der Waals surface area contributed by atoms with Crippen LogP contribution in [0.5, 0.6) is 5.75 Å². The maximum atomic E-state index is 11.7. The minimum atomic E-state index is -0.633. The number of hydrogen-bond acceptors (Lipinski definition) is 3. The lowest BCUT2D eigenvalue weighted by Gasteiger charge is -2.17. The van der Waals surface area contributed by atoms with Crippen molar-refractivity contribution in [2.24, 2.45) is 0 Å². The third kappa shape index (κ3) is 4.82. The fourth-order valence-corrected chi connectivity index (χ4v) is 3.01. The predicted molar refractivity (Wildman–Crippen MR) is 86.5 cm³/mol. The van der Waals surface area contributed by atoms with Crippen LogP contribution >= 0.6 is 31.9 Å². The number of rotatable bonds is 6. The number of halogens is 2. The van der Waals surface area contributed by atoms with Gasteiger partial charge in [0, 0.05) is 6.54 Å². The highest BCUT2D eigenvalue weighted by molar-refractivity contribution is 9.11. The summed E-state index contributed by atoms with van der Waals surface area (Å²) in [5.74, 6) is 2.69. The molecule has 1 unspecified atom stereocenters. The Bertz CT molecular complexity index is 503. The molecule has 1 atom stereocenters. The van der Waals surface area contributed by atoms with E-state index in [-0.39, 0.29) is 12.5 Å². The third-order valence-corrected chi connectivity index (χ3v) is 3.65. The molecule has 2 N–H and O–H groups in total. The van der Waals surface area contributed by atoms with Crippen LogP contribution in [0.4, 0.5) is 0 Å². The van der Waals surface area contributed by atoms with Crippen molar-refractivity contribution in [2.45, 2.75) is 19.6 Å². The largest absolute Gasteiger partial charge is 0.479 e. The maximum absolute atomic E-state index is 11.7. The number of amides is 1. The molecule has 0 saturated heterocycles. The molecule has 1 aromatic rings. The van der Waals surface area contributed by atoms with Crippen LogP contribution in [-0.2, 0) is 11.3 Å². The molecule has 108 valence electrons. The zero-order valence-corrected chi connectivity index (χ0v) is 14.5. The van der Waals surface area contributed by atoms with Gasteiger partial charge in [-0.15, -0.1) is 6.42 Å². The summed E-state index contributed by atoms with van der Waals surface area (Å²) in [5.41, 5.74) is 1.10. The minimum Gasteiger partial charge on any atom is -0.479 e. The van der Waals surface area contributed by atoms with Crippen molar-refractivity contribution < 1.29 is 9.53 Å². The van der Waals surface area contributed by atoms with Gasteiger partial charge in [-0.3, -0.25) is 4.79 Å². The van der Waals surface area contributed by atoms with Crippen LogP contribution in [-0.4, -0.2) is 25.6 Å². The summed E-state index contributed by atoms with van der Waals surface area (Å²) >= 11 is 6.90. The molecule has 4 nitrogen and oxygen atoms in total. The number of carbonyl (C=O) groups is 1. The van der Waals surface area contributed by atoms with E-state index in [1.54, 1.807) is 6.92 Å².